The molecule has 0 aromatic carbocycles. The summed E-state index contributed by atoms with van der Waals surface area (Å²) in [5.41, 5.74) is 0.658. The molecule has 0 unspecified atom stereocenters. The number of amides is 1. The van der Waals surface area contributed by atoms with Crippen molar-refractivity contribution in [2.75, 3.05) is 11.1 Å². The zero-order valence-corrected chi connectivity index (χ0v) is 10.9. The van der Waals surface area contributed by atoms with E-state index in [1.165, 1.54) is 11.8 Å². The summed E-state index contributed by atoms with van der Waals surface area (Å²) in [5, 5.41) is 17.7. The molecule has 0 radical (unpaired) electrons. The summed E-state index contributed by atoms with van der Waals surface area (Å²) in [4.78, 5) is 11.7. The number of H-pyrrole nitrogens is 1. The van der Waals surface area contributed by atoms with Crippen LogP contribution in [-0.4, -0.2) is 36.6 Å². The van der Waals surface area contributed by atoms with Crippen LogP contribution in [-0.2, 0) is 4.79 Å². The van der Waals surface area contributed by atoms with Crippen LogP contribution in [0.2, 0.25) is 0 Å². The molecule has 0 aliphatic rings. The van der Waals surface area contributed by atoms with Crippen molar-refractivity contribution in [3.8, 4) is 0 Å². The number of hydrogen-bond acceptors (Lipinski definition) is 5. The third kappa shape index (κ3) is 3.10. The van der Waals surface area contributed by atoms with E-state index in [0.29, 0.717) is 5.69 Å². The predicted octanol–water partition coefficient (Wildman–Crippen LogP) is 1.31. The van der Waals surface area contributed by atoms with Crippen molar-refractivity contribution in [1.82, 2.24) is 25.0 Å². The van der Waals surface area contributed by atoms with Crippen molar-refractivity contribution in [3.63, 3.8) is 0 Å². The third-order valence-electron chi connectivity index (χ3n) is 2.21. The van der Waals surface area contributed by atoms with E-state index in [1.807, 2.05) is 18.4 Å². The zero-order valence-electron chi connectivity index (χ0n) is 10.1. The minimum absolute atomic E-state index is 0.0975. The first kappa shape index (κ1) is 12.6. The van der Waals surface area contributed by atoms with E-state index in [0.717, 1.165) is 5.16 Å². The smallest absolute Gasteiger partial charge is 0.234 e. The van der Waals surface area contributed by atoms with Gasteiger partial charge in [-0.3, -0.25) is 9.89 Å². The van der Waals surface area contributed by atoms with E-state index in [1.54, 1.807) is 18.7 Å². The molecule has 0 saturated carbocycles. The zero-order chi connectivity index (χ0) is 13.0. The van der Waals surface area contributed by atoms with Gasteiger partial charge in [0.1, 0.15) is 6.33 Å². The lowest BCUT2D eigenvalue weighted by Crippen LogP contribution is -2.14. The van der Waals surface area contributed by atoms with Crippen molar-refractivity contribution in [2.45, 2.75) is 25.0 Å². The topological polar surface area (TPSA) is 88.5 Å². The van der Waals surface area contributed by atoms with Crippen LogP contribution in [0.25, 0.3) is 0 Å². The van der Waals surface area contributed by atoms with Crippen LogP contribution in [0.4, 0.5) is 5.69 Å². The van der Waals surface area contributed by atoms with Crippen LogP contribution < -0.4 is 5.32 Å². The Morgan fingerprint density at radius 3 is 3.11 bits per heavy atom. The van der Waals surface area contributed by atoms with Gasteiger partial charge in [-0.2, -0.15) is 5.10 Å². The first-order valence-electron chi connectivity index (χ1n) is 5.47. The van der Waals surface area contributed by atoms with Crippen LogP contribution in [0.5, 0.6) is 0 Å². The highest BCUT2D eigenvalue weighted by atomic mass is 32.2. The van der Waals surface area contributed by atoms with Crippen molar-refractivity contribution < 1.29 is 4.79 Å². The number of aromatic nitrogens is 5. The largest absolute Gasteiger partial charge is 0.323 e. The maximum absolute atomic E-state index is 11.7. The highest BCUT2D eigenvalue weighted by molar-refractivity contribution is 7.99. The van der Waals surface area contributed by atoms with Crippen molar-refractivity contribution >= 4 is 23.4 Å². The second-order valence-corrected chi connectivity index (χ2v) is 4.88. The van der Waals surface area contributed by atoms with E-state index in [9.17, 15) is 4.79 Å². The predicted molar refractivity (Wildman–Crippen MR) is 68.3 cm³/mol. The second kappa shape index (κ2) is 5.67. The molecule has 2 aromatic rings. The number of hydrogen-bond donors (Lipinski definition) is 2. The van der Waals surface area contributed by atoms with E-state index < -0.39 is 0 Å². The molecule has 0 bridgehead atoms. The molecule has 0 aliphatic heterocycles. The van der Waals surface area contributed by atoms with Crippen LogP contribution in [0.1, 0.15) is 19.9 Å². The molecule has 0 aliphatic carbocycles. The Hall–Kier alpha value is -1.83. The average Bonchev–Trinajstić information content (AvgIpc) is 2.96. The minimum Gasteiger partial charge on any atom is -0.323 e. The molecule has 2 heterocycles. The SMILES string of the molecule is CC(C)n1cnnc1SCC(=O)Nc1cn[nH]c1. The van der Waals surface area contributed by atoms with E-state index in [4.69, 9.17) is 0 Å². The summed E-state index contributed by atoms with van der Waals surface area (Å²) in [6.07, 6.45) is 4.85. The molecule has 0 atom stereocenters. The average molecular weight is 266 g/mol. The normalized spacial score (nSPS) is 10.8. The van der Waals surface area contributed by atoms with Crippen LogP contribution in [0.15, 0.2) is 23.9 Å². The van der Waals surface area contributed by atoms with Crippen LogP contribution in [0.3, 0.4) is 0 Å². The van der Waals surface area contributed by atoms with E-state index >= 15 is 0 Å². The molecule has 2 N–H and O–H groups in total. The highest BCUT2D eigenvalue weighted by Crippen LogP contribution is 2.18. The monoisotopic (exact) mass is 266 g/mol. The number of nitrogens with zero attached hydrogens (tertiary/aromatic N) is 4. The lowest BCUT2D eigenvalue weighted by molar-refractivity contribution is -0.113. The Balaban J connectivity index is 1.87. The number of aromatic amines is 1. The molecular formula is C10H14N6OS. The van der Waals surface area contributed by atoms with Crippen molar-refractivity contribution in [1.29, 1.82) is 0 Å². The summed E-state index contributed by atoms with van der Waals surface area (Å²) in [7, 11) is 0. The quantitative estimate of drug-likeness (QED) is 0.797. The first-order chi connectivity index (χ1) is 8.66. The van der Waals surface area contributed by atoms with Crippen molar-refractivity contribution in [3.05, 3.63) is 18.7 Å². The molecule has 1 amide bonds. The standard InChI is InChI=1S/C10H14N6OS/c1-7(2)16-6-13-15-10(16)18-5-9(17)14-8-3-11-12-4-8/h3-4,6-7H,5H2,1-2H3,(H,11,12)(H,14,17). The van der Waals surface area contributed by atoms with Gasteiger partial charge in [0, 0.05) is 12.2 Å². The molecule has 18 heavy (non-hydrogen) atoms. The van der Waals surface area contributed by atoms with E-state index in [2.05, 4.69) is 25.7 Å². The maximum atomic E-state index is 11.7. The van der Waals surface area contributed by atoms with Gasteiger partial charge in [-0.05, 0) is 13.8 Å². The molecule has 8 heteroatoms. The number of rotatable bonds is 5. The Morgan fingerprint density at radius 2 is 2.44 bits per heavy atom. The molecule has 2 aromatic heterocycles. The molecule has 7 nitrogen and oxygen atoms in total. The molecule has 0 spiro atoms. The lowest BCUT2D eigenvalue weighted by atomic mass is 10.4. The van der Waals surface area contributed by atoms with Gasteiger partial charge < -0.3 is 9.88 Å². The van der Waals surface area contributed by atoms with Crippen LogP contribution >= 0.6 is 11.8 Å². The highest BCUT2D eigenvalue weighted by Gasteiger charge is 2.10. The fraction of sp³-hybridized carbons (Fsp3) is 0.400. The number of carbonyl (C=O) groups is 1. The molecule has 0 saturated heterocycles. The fourth-order valence-corrected chi connectivity index (χ4v) is 2.18. The molecule has 96 valence electrons. The van der Waals surface area contributed by atoms with Crippen molar-refractivity contribution in [2.24, 2.45) is 0 Å². The van der Waals surface area contributed by atoms with Crippen LogP contribution in [0, 0.1) is 0 Å². The Kier molecular flexibility index (Phi) is 3.98. The minimum atomic E-state index is -0.0975. The fourth-order valence-electron chi connectivity index (χ4n) is 1.34. The number of nitrogens with one attached hydrogen (secondary N) is 2. The maximum Gasteiger partial charge on any atom is 0.234 e. The summed E-state index contributed by atoms with van der Waals surface area (Å²) in [6.45, 7) is 4.08. The first-order valence-corrected chi connectivity index (χ1v) is 6.46. The van der Waals surface area contributed by atoms with Gasteiger partial charge in [-0.1, -0.05) is 11.8 Å². The van der Waals surface area contributed by atoms with Gasteiger partial charge in [0.05, 0.1) is 17.6 Å². The summed E-state index contributed by atoms with van der Waals surface area (Å²) < 4.78 is 1.93. The van der Waals surface area contributed by atoms with Gasteiger partial charge in [-0.15, -0.1) is 10.2 Å². The Labute approximate surface area is 108 Å². The second-order valence-electron chi connectivity index (χ2n) is 3.94. The number of anilines is 1. The number of carbonyl (C=O) groups excluding carboxylic acids is 1. The number of thioether (sulfide) groups is 1. The summed E-state index contributed by atoms with van der Waals surface area (Å²) in [5.74, 6) is 0.191. The molecular weight excluding hydrogens is 252 g/mol. The third-order valence-corrected chi connectivity index (χ3v) is 3.17. The van der Waals surface area contributed by atoms with Gasteiger partial charge in [0.15, 0.2) is 5.16 Å². The van der Waals surface area contributed by atoms with Gasteiger partial charge in [-0.25, -0.2) is 0 Å². The molecule has 0 fully saturated rings. The lowest BCUT2D eigenvalue weighted by Gasteiger charge is -2.08. The Morgan fingerprint density at radius 1 is 1.61 bits per heavy atom. The van der Waals surface area contributed by atoms with Gasteiger partial charge in [0.2, 0.25) is 5.91 Å². The van der Waals surface area contributed by atoms with Gasteiger partial charge >= 0.3 is 0 Å². The van der Waals surface area contributed by atoms with Gasteiger partial charge in [0.25, 0.3) is 0 Å². The summed E-state index contributed by atoms with van der Waals surface area (Å²) in [6, 6.07) is 0.277. The van der Waals surface area contributed by atoms with E-state index in [-0.39, 0.29) is 17.7 Å². The Bertz CT molecular complexity index is 506. The summed E-state index contributed by atoms with van der Waals surface area (Å²) >= 11 is 1.36. The molecule has 2 rings (SSSR count).